The fraction of sp³-hybridized carbons (Fsp3) is 0.526. The van der Waals surface area contributed by atoms with Crippen LogP contribution in [-0.2, 0) is 25.8 Å². The van der Waals surface area contributed by atoms with Crippen molar-refractivity contribution in [1.29, 1.82) is 0 Å². The number of rotatable bonds is 7. The Bertz CT molecular complexity index is 1720. The van der Waals surface area contributed by atoms with Crippen molar-refractivity contribution in [2.45, 2.75) is 48.8 Å². The second kappa shape index (κ2) is 10.2. The number of nitrogens with two attached hydrogens (primary N) is 2. The number of hydrogen-bond donors (Lipinski definition) is 6. The molecule has 0 aliphatic carbocycles. The predicted octanol–water partition coefficient (Wildman–Crippen LogP) is -1.97. The van der Waals surface area contributed by atoms with E-state index in [1.54, 1.807) is 0 Å². The topological polar surface area (TPSA) is 260 Å². The van der Waals surface area contributed by atoms with Gasteiger partial charge < -0.3 is 40.6 Å². The first-order valence-corrected chi connectivity index (χ1v) is 14.6. The molecule has 1 unspecified atom stereocenters. The van der Waals surface area contributed by atoms with Gasteiger partial charge in [-0.1, -0.05) is 5.21 Å². The number of anilines is 2. The first-order chi connectivity index (χ1) is 19.5. The minimum Gasteiger partial charge on any atom is -0.394 e. The smallest absolute Gasteiger partial charge is 0.282 e. The van der Waals surface area contributed by atoms with Crippen LogP contribution in [0.25, 0.3) is 22.3 Å². The molecule has 9 atom stereocenters. The van der Waals surface area contributed by atoms with Crippen molar-refractivity contribution >= 4 is 52.4 Å². The molecule has 4 aromatic rings. The Morgan fingerprint density at radius 2 is 1.88 bits per heavy atom. The third-order valence-electron chi connectivity index (χ3n) is 6.82. The molecule has 6 rings (SSSR count). The minimum atomic E-state index is -4.25. The molecule has 6 heterocycles. The molecule has 220 valence electrons. The van der Waals surface area contributed by atoms with Gasteiger partial charge in [0.05, 0.1) is 19.5 Å². The van der Waals surface area contributed by atoms with E-state index in [2.05, 4.69) is 35.2 Å². The molecule has 0 bridgehead atoms. The number of aliphatic hydroxyl groups excluding tert-OH is 2. The van der Waals surface area contributed by atoms with Gasteiger partial charge in [-0.2, -0.15) is 9.67 Å². The molecule has 2 aliphatic heterocycles. The summed E-state index contributed by atoms with van der Waals surface area (Å²) < 4.78 is 49.5. The first-order valence-electron chi connectivity index (χ1n) is 11.9. The van der Waals surface area contributed by atoms with Gasteiger partial charge in [0.25, 0.3) is 5.56 Å². The van der Waals surface area contributed by atoms with Crippen LogP contribution in [0.2, 0.25) is 0 Å². The van der Waals surface area contributed by atoms with Crippen LogP contribution in [0.4, 0.5) is 20.5 Å². The number of hydrogen-bond acceptors (Lipinski definition) is 15. The Kier molecular flexibility index (Phi) is 6.93. The van der Waals surface area contributed by atoms with Crippen molar-refractivity contribution in [3.63, 3.8) is 0 Å². The number of halogens is 2. The van der Waals surface area contributed by atoms with Gasteiger partial charge in [-0.15, -0.1) is 5.10 Å². The number of aromatic amines is 1. The van der Waals surface area contributed by atoms with Gasteiger partial charge in [0, 0.05) is 0 Å². The summed E-state index contributed by atoms with van der Waals surface area (Å²) in [4.78, 5) is 41.5. The lowest BCUT2D eigenvalue weighted by Crippen LogP contribution is -2.34. The zero-order valence-electron chi connectivity index (χ0n) is 20.5. The van der Waals surface area contributed by atoms with Gasteiger partial charge in [0.15, 0.2) is 47.7 Å². The molecule has 2 fully saturated rings. The monoisotopic (exact) mass is 617 g/mol. The molecule has 41 heavy (non-hydrogen) atoms. The van der Waals surface area contributed by atoms with Gasteiger partial charge in [-0.05, 0) is 11.8 Å². The molecule has 0 radical (unpaired) electrons. The molecular weight excluding hydrogens is 595 g/mol. The van der Waals surface area contributed by atoms with E-state index < -0.39 is 74.0 Å². The van der Waals surface area contributed by atoms with Gasteiger partial charge in [-0.3, -0.25) is 14.3 Å². The summed E-state index contributed by atoms with van der Waals surface area (Å²) in [5.74, 6) is -0.236. The molecule has 22 heteroatoms. The van der Waals surface area contributed by atoms with Crippen LogP contribution in [-0.4, -0.2) is 109 Å². The van der Waals surface area contributed by atoms with Crippen molar-refractivity contribution in [2.75, 3.05) is 24.7 Å². The van der Waals surface area contributed by atoms with Crippen LogP contribution < -0.4 is 17.0 Å². The highest BCUT2D eigenvalue weighted by Crippen LogP contribution is 2.58. The highest BCUT2D eigenvalue weighted by Gasteiger charge is 2.55. The van der Waals surface area contributed by atoms with Gasteiger partial charge in [0.1, 0.15) is 42.0 Å². The Balaban J connectivity index is 1.25. The van der Waals surface area contributed by atoms with Crippen LogP contribution in [0.1, 0.15) is 12.5 Å². The molecule has 8 N–H and O–H groups in total. The number of H-pyrrole nitrogens is 1. The highest BCUT2D eigenvalue weighted by atomic mass is 32.5. The van der Waals surface area contributed by atoms with E-state index in [1.165, 1.54) is 10.9 Å². The maximum Gasteiger partial charge on any atom is 0.282 e. The normalized spacial score (nSPS) is 31.7. The summed E-state index contributed by atoms with van der Waals surface area (Å²) in [6.07, 6.45) is -9.18. The number of nitrogens with zero attached hydrogens (tertiary/aromatic N) is 8. The first kappa shape index (κ1) is 27.8. The van der Waals surface area contributed by atoms with Crippen LogP contribution in [0.15, 0.2) is 17.4 Å². The average molecular weight is 617 g/mol. The summed E-state index contributed by atoms with van der Waals surface area (Å²) >= 11 is 5.29. The standard InChI is InChI=1S/C19H22F2N11O7PS/c20-7-5(1-33)38-18(32-15-10(29-30-32)16(35)28-19(23)27-15)12(7)40(36,41)37-2-6-11(34)8(21)17(39-6)31-4-26-9-13(22)24-3-25-14(9)31/h3-8,11-12,17-18,33-34H,1-2H2,(H,36,41)(H2,22,24,25)(H3,23,27,28,35)/t5-,6-,7-,8+,11-,12-,17-,18-,40?/m1/s1. The fourth-order valence-electron chi connectivity index (χ4n) is 4.82. The number of nitrogen functional groups attached to an aromatic ring is 2. The van der Waals surface area contributed by atoms with E-state index in [9.17, 15) is 19.9 Å². The maximum atomic E-state index is 15.5. The van der Waals surface area contributed by atoms with E-state index in [1.807, 2.05) is 0 Å². The Labute approximate surface area is 231 Å². The number of alkyl halides is 2. The zero-order chi connectivity index (χ0) is 29.2. The van der Waals surface area contributed by atoms with Crippen molar-refractivity contribution in [3.05, 3.63) is 23.0 Å². The van der Waals surface area contributed by atoms with Crippen LogP contribution in [0.5, 0.6) is 0 Å². The molecule has 0 amide bonds. The predicted molar refractivity (Wildman–Crippen MR) is 137 cm³/mol. The second-order valence-corrected chi connectivity index (χ2v) is 12.8. The summed E-state index contributed by atoms with van der Waals surface area (Å²) in [6.45, 7) is -5.70. The van der Waals surface area contributed by atoms with Gasteiger partial charge in [0.2, 0.25) is 5.95 Å². The second-order valence-electron chi connectivity index (χ2n) is 9.28. The SMILES string of the molecule is Nc1nc2c(nnn2[C@@H]2O[C@H](CO)[C@@H](F)[C@H]2P(O)(=S)OC[C@H]2O[C@@H](n3cnc4c(N)ncnc43)[C@@H](F)[C@@H]2O)c(=O)[nH]1. The van der Waals surface area contributed by atoms with Crippen molar-refractivity contribution in [3.8, 4) is 0 Å². The summed E-state index contributed by atoms with van der Waals surface area (Å²) in [7, 11) is 0. The van der Waals surface area contributed by atoms with Crippen LogP contribution in [0.3, 0.4) is 0 Å². The van der Waals surface area contributed by atoms with Crippen LogP contribution in [0, 0.1) is 0 Å². The lowest BCUT2D eigenvalue weighted by Gasteiger charge is -2.28. The molecule has 2 aliphatic rings. The largest absolute Gasteiger partial charge is 0.394 e. The summed E-state index contributed by atoms with van der Waals surface area (Å²) in [5.41, 5.74) is 8.90. The van der Waals surface area contributed by atoms with E-state index in [-0.39, 0.29) is 34.1 Å². The molecule has 0 saturated carbocycles. The van der Waals surface area contributed by atoms with E-state index in [0.29, 0.717) is 0 Å². The third kappa shape index (κ3) is 4.54. The molecule has 0 aromatic carbocycles. The maximum absolute atomic E-state index is 15.5. The fourth-order valence-corrected chi connectivity index (χ4v) is 7.26. The molecule has 4 aromatic heterocycles. The Hall–Kier alpha value is -3.30. The molecule has 18 nitrogen and oxygen atoms in total. The zero-order valence-corrected chi connectivity index (χ0v) is 22.2. The summed E-state index contributed by atoms with van der Waals surface area (Å²) in [5, 5.41) is 27.7. The van der Waals surface area contributed by atoms with E-state index in [4.69, 9.17) is 37.3 Å². The van der Waals surface area contributed by atoms with Crippen molar-refractivity contribution in [1.82, 2.24) is 44.5 Å². The quantitative estimate of drug-likeness (QED) is 0.123. The lowest BCUT2D eigenvalue weighted by atomic mass is 10.1. The Morgan fingerprint density at radius 1 is 1.12 bits per heavy atom. The van der Waals surface area contributed by atoms with Gasteiger partial charge in [-0.25, -0.2) is 23.7 Å². The third-order valence-corrected chi connectivity index (χ3v) is 9.68. The molecule has 0 spiro atoms. The number of fused-ring (bicyclic) bond motifs is 2. The van der Waals surface area contributed by atoms with E-state index >= 15 is 8.78 Å². The Morgan fingerprint density at radius 3 is 2.63 bits per heavy atom. The number of aliphatic hydroxyl groups is 2. The van der Waals surface area contributed by atoms with E-state index in [0.717, 1.165) is 11.0 Å². The minimum absolute atomic E-state index is 0.0570. The van der Waals surface area contributed by atoms with Crippen molar-refractivity contribution in [2.24, 2.45) is 0 Å². The van der Waals surface area contributed by atoms with Gasteiger partial charge >= 0.3 is 0 Å². The number of ether oxygens (including phenoxy) is 2. The number of nitrogens with one attached hydrogen (secondary N) is 1. The van der Waals surface area contributed by atoms with Crippen LogP contribution >= 0.6 is 6.49 Å². The number of aromatic nitrogens is 9. The highest BCUT2D eigenvalue weighted by molar-refractivity contribution is 8.09. The summed E-state index contributed by atoms with van der Waals surface area (Å²) in [6, 6.07) is 0. The number of imidazole rings is 1. The van der Waals surface area contributed by atoms with Crippen molar-refractivity contribution < 1.29 is 37.9 Å². The molecule has 2 saturated heterocycles. The average Bonchev–Trinajstić information content (AvgIpc) is 3.68. The lowest BCUT2D eigenvalue weighted by molar-refractivity contribution is -0.0435. The molecular formula is C19H22F2N11O7PS.